The smallest absolute Gasteiger partial charge is 0.320 e. The van der Waals surface area contributed by atoms with E-state index in [2.05, 4.69) is 16.0 Å². The van der Waals surface area contributed by atoms with E-state index in [4.69, 9.17) is 9.47 Å². The number of carbonyl (C=O) groups excluding carboxylic acids is 2. The maximum Gasteiger partial charge on any atom is 0.320 e. The molecule has 24 heavy (non-hydrogen) atoms. The average Bonchev–Trinajstić information content (AvgIpc) is 2.59. The molecule has 130 valence electrons. The van der Waals surface area contributed by atoms with E-state index in [0.29, 0.717) is 19.3 Å². The van der Waals surface area contributed by atoms with Crippen LogP contribution in [0.3, 0.4) is 0 Å². The minimum Gasteiger partial charge on any atom is -0.465 e. The van der Waals surface area contributed by atoms with Crippen LogP contribution >= 0.6 is 0 Å². The first kappa shape index (κ1) is 18.1. The number of carbonyl (C=O) groups is 2. The summed E-state index contributed by atoms with van der Waals surface area (Å²) in [6.07, 6.45) is 5.53. The highest BCUT2D eigenvalue weighted by Crippen LogP contribution is 2.22. The van der Waals surface area contributed by atoms with Crippen LogP contribution < -0.4 is 0 Å². The van der Waals surface area contributed by atoms with E-state index in [9.17, 15) is 9.59 Å². The predicted octanol–water partition coefficient (Wildman–Crippen LogP) is 2.80. The van der Waals surface area contributed by atoms with Crippen LogP contribution in [-0.2, 0) is 31.9 Å². The van der Waals surface area contributed by atoms with E-state index >= 15 is 0 Å². The lowest BCUT2D eigenvalue weighted by Gasteiger charge is -2.14. The van der Waals surface area contributed by atoms with E-state index in [-0.39, 0.29) is 13.2 Å². The minimum atomic E-state index is -0.861. The molecule has 0 bridgehead atoms. The molecule has 0 saturated carbocycles. The van der Waals surface area contributed by atoms with Crippen LogP contribution in [0.2, 0.25) is 0 Å². The standard InChI is InChI=1S/C18H24N2O4/c1-3-23-17(21)15(18(22)24-4-2)9-5-8-14-11-10-13-7-6-12-19-16(13)20-14/h10-12,15H,3-9H2,1-2H3. The zero-order valence-corrected chi connectivity index (χ0v) is 14.3. The van der Waals surface area contributed by atoms with E-state index in [0.717, 1.165) is 29.9 Å². The highest BCUT2D eigenvalue weighted by atomic mass is 16.6. The topological polar surface area (TPSA) is 77.9 Å². The fourth-order valence-electron chi connectivity index (χ4n) is 2.64. The number of aromatic nitrogens is 1. The molecule has 0 spiro atoms. The van der Waals surface area contributed by atoms with Crippen LogP contribution in [0.5, 0.6) is 0 Å². The number of esters is 2. The van der Waals surface area contributed by atoms with Crippen LogP contribution in [0.15, 0.2) is 17.1 Å². The molecule has 0 unspecified atom stereocenters. The highest BCUT2D eigenvalue weighted by molar-refractivity contribution is 5.94. The van der Waals surface area contributed by atoms with Crippen molar-refractivity contribution in [2.45, 2.75) is 46.0 Å². The monoisotopic (exact) mass is 332 g/mol. The summed E-state index contributed by atoms with van der Waals surface area (Å²) in [6, 6.07) is 4.05. The first-order valence-electron chi connectivity index (χ1n) is 8.50. The van der Waals surface area contributed by atoms with Gasteiger partial charge < -0.3 is 9.47 Å². The molecule has 2 heterocycles. The molecule has 2 rings (SSSR count). The number of nitrogens with zero attached hydrogens (tertiary/aromatic N) is 2. The molecule has 1 aromatic rings. The largest absolute Gasteiger partial charge is 0.465 e. The molecule has 0 N–H and O–H groups in total. The number of aryl methyl sites for hydroxylation is 2. The zero-order valence-electron chi connectivity index (χ0n) is 14.3. The van der Waals surface area contributed by atoms with Crippen molar-refractivity contribution >= 4 is 24.0 Å². The molecule has 0 amide bonds. The molecule has 0 aliphatic carbocycles. The second-order valence-corrected chi connectivity index (χ2v) is 5.58. The van der Waals surface area contributed by atoms with Crippen LogP contribution in [0, 0.1) is 5.92 Å². The summed E-state index contributed by atoms with van der Waals surface area (Å²) in [5.74, 6) is -1.11. The van der Waals surface area contributed by atoms with Crippen LogP contribution in [-0.4, -0.2) is 36.4 Å². The summed E-state index contributed by atoms with van der Waals surface area (Å²) in [6.45, 7) is 3.94. The quantitative estimate of drug-likeness (QED) is 0.540. The van der Waals surface area contributed by atoms with E-state index in [1.807, 2.05) is 12.3 Å². The maximum absolute atomic E-state index is 11.9. The fourth-order valence-corrected chi connectivity index (χ4v) is 2.64. The van der Waals surface area contributed by atoms with Gasteiger partial charge in [0.2, 0.25) is 0 Å². The van der Waals surface area contributed by atoms with Crippen molar-refractivity contribution in [1.29, 1.82) is 0 Å². The predicted molar refractivity (Wildman–Crippen MR) is 90.4 cm³/mol. The minimum absolute atomic E-state index is 0.249. The van der Waals surface area contributed by atoms with Crippen molar-refractivity contribution < 1.29 is 19.1 Å². The number of ether oxygens (including phenoxy) is 2. The number of hydrogen-bond acceptors (Lipinski definition) is 6. The normalized spacial score (nSPS) is 12.8. The number of fused-ring (bicyclic) bond motifs is 1. The van der Waals surface area contributed by atoms with Gasteiger partial charge in [-0.25, -0.2) is 9.98 Å². The van der Waals surface area contributed by atoms with Gasteiger partial charge in [0, 0.05) is 11.9 Å². The average molecular weight is 332 g/mol. The van der Waals surface area contributed by atoms with Crippen molar-refractivity contribution in [3.8, 4) is 0 Å². The van der Waals surface area contributed by atoms with Gasteiger partial charge in [0.05, 0.1) is 13.2 Å². The number of rotatable bonds is 8. The summed E-state index contributed by atoms with van der Waals surface area (Å²) in [5, 5.41) is 0. The first-order valence-corrected chi connectivity index (χ1v) is 8.50. The van der Waals surface area contributed by atoms with E-state index < -0.39 is 17.9 Å². The Bertz CT molecular complexity index is 595. The second kappa shape index (κ2) is 9.15. The summed E-state index contributed by atoms with van der Waals surface area (Å²) in [5.41, 5.74) is 2.08. The number of pyridine rings is 1. The summed E-state index contributed by atoms with van der Waals surface area (Å²) < 4.78 is 9.95. The Kier molecular flexibility index (Phi) is 6.90. The SMILES string of the molecule is CCOC(=O)C(CCCc1ccc2c(n1)N=CCC2)C(=O)OCC. The van der Waals surface area contributed by atoms with Gasteiger partial charge in [0.25, 0.3) is 0 Å². The number of aliphatic imine (C=N–C) groups is 1. The van der Waals surface area contributed by atoms with Gasteiger partial charge in [0.15, 0.2) is 11.7 Å². The molecule has 6 nitrogen and oxygen atoms in total. The van der Waals surface area contributed by atoms with Crippen molar-refractivity contribution in [3.05, 3.63) is 23.4 Å². The first-order chi connectivity index (χ1) is 11.7. The maximum atomic E-state index is 11.9. The molecule has 0 atom stereocenters. The summed E-state index contributed by atoms with van der Waals surface area (Å²) in [7, 11) is 0. The molecular formula is C18H24N2O4. The van der Waals surface area contributed by atoms with Gasteiger partial charge in [-0.2, -0.15) is 0 Å². The van der Waals surface area contributed by atoms with Crippen LogP contribution in [0.1, 0.15) is 44.4 Å². The fraction of sp³-hybridized carbons (Fsp3) is 0.556. The van der Waals surface area contributed by atoms with Crippen molar-refractivity contribution in [3.63, 3.8) is 0 Å². The van der Waals surface area contributed by atoms with Gasteiger partial charge in [-0.15, -0.1) is 0 Å². The Balaban J connectivity index is 1.93. The molecule has 1 aromatic heterocycles. The van der Waals surface area contributed by atoms with Gasteiger partial charge >= 0.3 is 11.9 Å². The third-order valence-corrected chi connectivity index (χ3v) is 3.84. The lowest BCUT2D eigenvalue weighted by Crippen LogP contribution is -2.28. The zero-order chi connectivity index (χ0) is 17.4. The molecule has 0 saturated heterocycles. The summed E-state index contributed by atoms with van der Waals surface area (Å²) in [4.78, 5) is 32.7. The second-order valence-electron chi connectivity index (χ2n) is 5.58. The lowest BCUT2D eigenvalue weighted by atomic mass is 10.0. The highest BCUT2D eigenvalue weighted by Gasteiger charge is 2.28. The Morgan fingerprint density at radius 3 is 2.54 bits per heavy atom. The van der Waals surface area contributed by atoms with Crippen LogP contribution in [0.25, 0.3) is 0 Å². The number of hydrogen-bond donors (Lipinski definition) is 0. The lowest BCUT2D eigenvalue weighted by molar-refractivity contribution is -0.161. The van der Waals surface area contributed by atoms with Crippen molar-refractivity contribution in [1.82, 2.24) is 4.98 Å². The molecule has 0 aromatic carbocycles. The van der Waals surface area contributed by atoms with Gasteiger partial charge in [0.1, 0.15) is 0 Å². The molecule has 0 fully saturated rings. The van der Waals surface area contributed by atoms with E-state index in [1.165, 1.54) is 0 Å². The van der Waals surface area contributed by atoms with Crippen molar-refractivity contribution in [2.24, 2.45) is 10.9 Å². The van der Waals surface area contributed by atoms with Gasteiger partial charge in [-0.05, 0) is 57.6 Å². The molecule has 1 aliphatic heterocycles. The summed E-state index contributed by atoms with van der Waals surface area (Å²) >= 11 is 0. The van der Waals surface area contributed by atoms with Crippen molar-refractivity contribution in [2.75, 3.05) is 13.2 Å². The Labute approximate surface area is 142 Å². The van der Waals surface area contributed by atoms with E-state index in [1.54, 1.807) is 13.8 Å². The van der Waals surface area contributed by atoms with Gasteiger partial charge in [-0.1, -0.05) is 6.07 Å². The molecule has 6 heteroatoms. The van der Waals surface area contributed by atoms with Crippen LogP contribution in [0.4, 0.5) is 5.82 Å². The third-order valence-electron chi connectivity index (χ3n) is 3.84. The third kappa shape index (κ3) is 4.88. The molecular weight excluding hydrogens is 308 g/mol. The molecule has 0 radical (unpaired) electrons. The van der Waals surface area contributed by atoms with Gasteiger partial charge in [-0.3, -0.25) is 9.59 Å². The molecule has 1 aliphatic rings. The Morgan fingerprint density at radius 1 is 1.17 bits per heavy atom. The Hall–Kier alpha value is -2.24. The Morgan fingerprint density at radius 2 is 1.88 bits per heavy atom.